The van der Waals surface area contributed by atoms with Crippen molar-refractivity contribution < 1.29 is 22.9 Å². The quantitative estimate of drug-likeness (QED) is 0.486. The molecule has 1 atom stereocenters. The normalized spacial score (nSPS) is 17.6. The molecule has 0 bridgehead atoms. The van der Waals surface area contributed by atoms with Crippen LogP contribution in [0, 0.1) is 10.1 Å². The predicted octanol–water partition coefficient (Wildman–Crippen LogP) is 2.84. The van der Waals surface area contributed by atoms with E-state index in [1.807, 2.05) is 0 Å². The standard InChI is InChI=1S/C19H19ClN2O6S/c20-15-3-1-14(2-4-15)11-21(17-9-10-29(26,27)13-17)19(23)12-28-18-7-5-16(6-8-18)22(24)25/h1-8,17H,9-13H2/t17-/m1/s1. The van der Waals surface area contributed by atoms with Gasteiger partial charge in [-0.25, -0.2) is 8.42 Å². The molecule has 0 aromatic heterocycles. The zero-order valence-electron chi connectivity index (χ0n) is 15.4. The summed E-state index contributed by atoms with van der Waals surface area (Å²) in [5.74, 6) is -0.0790. The molecule has 10 heteroatoms. The fourth-order valence-corrected chi connectivity index (χ4v) is 4.98. The number of rotatable bonds is 7. The van der Waals surface area contributed by atoms with Crippen molar-refractivity contribution in [3.63, 3.8) is 0 Å². The van der Waals surface area contributed by atoms with Crippen molar-refractivity contribution in [2.24, 2.45) is 0 Å². The zero-order valence-corrected chi connectivity index (χ0v) is 16.9. The summed E-state index contributed by atoms with van der Waals surface area (Å²) >= 11 is 5.90. The highest BCUT2D eigenvalue weighted by Gasteiger charge is 2.34. The van der Waals surface area contributed by atoms with E-state index in [0.717, 1.165) is 5.56 Å². The Bertz CT molecular complexity index is 992. The lowest BCUT2D eigenvalue weighted by atomic mass is 10.1. The van der Waals surface area contributed by atoms with E-state index in [-0.39, 0.29) is 36.3 Å². The molecule has 29 heavy (non-hydrogen) atoms. The van der Waals surface area contributed by atoms with Gasteiger partial charge in [0.05, 0.1) is 16.4 Å². The van der Waals surface area contributed by atoms with Crippen molar-refractivity contribution in [2.45, 2.75) is 19.0 Å². The topological polar surface area (TPSA) is 107 Å². The highest BCUT2D eigenvalue weighted by molar-refractivity contribution is 7.91. The van der Waals surface area contributed by atoms with Crippen molar-refractivity contribution in [1.82, 2.24) is 4.90 Å². The Morgan fingerprint density at radius 1 is 1.17 bits per heavy atom. The molecule has 2 aromatic carbocycles. The maximum absolute atomic E-state index is 12.8. The molecule has 1 aliphatic rings. The second kappa shape index (κ2) is 8.79. The Balaban J connectivity index is 1.71. The molecule has 1 fully saturated rings. The van der Waals surface area contributed by atoms with E-state index in [2.05, 4.69) is 0 Å². The molecule has 0 radical (unpaired) electrons. The Hall–Kier alpha value is -2.65. The second-order valence-corrected chi connectivity index (χ2v) is 9.41. The third-order valence-corrected chi connectivity index (χ3v) is 6.65. The highest BCUT2D eigenvalue weighted by atomic mass is 35.5. The Morgan fingerprint density at radius 2 is 1.83 bits per heavy atom. The fourth-order valence-electron chi connectivity index (χ4n) is 3.12. The highest BCUT2D eigenvalue weighted by Crippen LogP contribution is 2.22. The number of nitro benzene ring substituents is 1. The van der Waals surface area contributed by atoms with Crippen molar-refractivity contribution in [2.75, 3.05) is 18.1 Å². The van der Waals surface area contributed by atoms with Crippen LogP contribution in [0.1, 0.15) is 12.0 Å². The van der Waals surface area contributed by atoms with E-state index in [9.17, 15) is 23.3 Å². The first-order valence-corrected chi connectivity index (χ1v) is 11.0. The summed E-state index contributed by atoms with van der Waals surface area (Å²) < 4.78 is 29.2. The van der Waals surface area contributed by atoms with Gasteiger partial charge in [-0.05, 0) is 36.2 Å². The van der Waals surface area contributed by atoms with Gasteiger partial charge in [-0.1, -0.05) is 23.7 Å². The molecule has 1 heterocycles. The van der Waals surface area contributed by atoms with Crippen LogP contribution in [-0.4, -0.2) is 48.3 Å². The Morgan fingerprint density at radius 3 is 2.38 bits per heavy atom. The van der Waals surface area contributed by atoms with E-state index in [1.54, 1.807) is 24.3 Å². The maximum atomic E-state index is 12.8. The number of non-ortho nitro benzene ring substituents is 1. The summed E-state index contributed by atoms with van der Waals surface area (Å²) in [6.07, 6.45) is 0.374. The molecule has 154 valence electrons. The fraction of sp³-hybridized carbons (Fsp3) is 0.316. The number of carbonyl (C=O) groups is 1. The van der Waals surface area contributed by atoms with Crippen LogP contribution >= 0.6 is 11.6 Å². The zero-order chi connectivity index (χ0) is 21.0. The summed E-state index contributed by atoms with van der Waals surface area (Å²) in [5.41, 5.74) is 0.742. The summed E-state index contributed by atoms with van der Waals surface area (Å²) in [5, 5.41) is 11.3. The average Bonchev–Trinajstić information content (AvgIpc) is 3.05. The molecule has 0 saturated carbocycles. The van der Waals surface area contributed by atoms with E-state index in [4.69, 9.17) is 16.3 Å². The van der Waals surface area contributed by atoms with Crippen molar-refractivity contribution in [3.8, 4) is 5.75 Å². The van der Waals surface area contributed by atoms with E-state index in [1.165, 1.54) is 29.2 Å². The number of sulfone groups is 1. The maximum Gasteiger partial charge on any atom is 0.269 e. The third-order valence-electron chi connectivity index (χ3n) is 4.65. The van der Waals surface area contributed by atoms with E-state index >= 15 is 0 Å². The minimum absolute atomic E-state index is 0.0469. The number of hydrogen-bond donors (Lipinski definition) is 0. The van der Waals surface area contributed by atoms with Crippen molar-refractivity contribution in [3.05, 3.63) is 69.2 Å². The van der Waals surface area contributed by atoms with Gasteiger partial charge in [0.25, 0.3) is 11.6 Å². The van der Waals surface area contributed by atoms with Crippen LogP contribution in [0.3, 0.4) is 0 Å². The number of benzene rings is 2. The smallest absolute Gasteiger partial charge is 0.269 e. The largest absolute Gasteiger partial charge is 0.484 e. The Kier molecular flexibility index (Phi) is 6.39. The summed E-state index contributed by atoms with van der Waals surface area (Å²) in [7, 11) is -3.17. The number of amides is 1. The van der Waals surface area contributed by atoms with Gasteiger partial charge in [-0.15, -0.1) is 0 Å². The van der Waals surface area contributed by atoms with Gasteiger partial charge >= 0.3 is 0 Å². The molecular formula is C19H19ClN2O6S. The first kappa shape index (κ1) is 21.1. The predicted molar refractivity (Wildman–Crippen MR) is 108 cm³/mol. The van der Waals surface area contributed by atoms with Crippen LogP contribution in [0.15, 0.2) is 48.5 Å². The van der Waals surface area contributed by atoms with Crippen LogP contribution in [0.4, 0.5) is 5.69 Å². The number of nitro groups is 1. The molecule has 8 nitrogen and oxygen atoms in total. The van der Waals surface area contributed by atoms with Crippen molar-refractivity contribution >= 4 is 33.0 Å². The molecule has 1 amide bonds. The second-order valence-electron chi connectivity index (χ2n) is 6.74. The van der Waals surface area contributed by atoms with Gasteiger partial charge < -0.3 is 9.64 Å². The first-order valence-electron chi connectivity index (χ1n) is 8.85. The van der Waals surface area contributed by atoms with Crippen molar-refractivity contribution in [1.29, 1.82) is 0 Å². The molecule has 3 rings (SSSR count). The monoisotopic (exact) mass is 438 g/mol. The summed E-state index contributed by atoms with van der Waals surface area (Å²) in [4.78, 5) is 24.5. The van der Waals surface area contributed by atoms with Crippen LogP contribution < -0.4 is 4.74 Å². The average molecular weight is 439 g/mol. The summed E-state index contributed by atoms with van der Waals surface area (Å²) in [6.45, 7) is -0.0677. The molecule has 0 spiro atoms. The lowest BCUT2D eigenvalue weighted by Gasteiger charge is -2.28. The molecule has 1 aliphatic heterocycles. The lowest BCUT2D eigenvalue weighted by molar-refractivity contribution is -0.384. The minimum Gasteiger partial charge on any atom is -0.484 e. The van der Waals surface area contributed by atoms with E-state index in [0.29, 0.717) is 17.2 Å². The lowest BCUT2D eigenvalue weighted by Crippen LogP contribution is -2.43. The van der Waals surface area contributed by atoms with Gasteiger partial charge in [0, 0.05) is 29.7 Å². The number of nitrogens with zero attached hydrogens (tertiary/aromatic N) is 2. The Labute approximate surface area is 173 Å². The first-order chi connectivity index (χ1) is 13.7. The molecule has 1 saturated heterocycles. The number of hydrogen-bond acceptors (Lipinski definition) is 6. The third kappa shape index (κ3) is 5.68. The SMILES string of the molecule is O=C(COc1ccc([N+](=O)[O-])cc1)N(Cc1ccc(Cl)cc1)[C@@H]1CCS(=O)(=O)C1. The van der Waals surface area contributed by atoms with Gasteiger partial charge in [-0.3, -0.25) is 14.9 Å². The van der Waals surface area contributed by atoms with Gasteiger partial charge in [0.2, 0.25) is 0 Å². The summed E-state index contributed by atoms with van der Waals surface area (Å²) in [6, 6.07) is 11.9. The van der Waals surface area contributed by atoms with E-state index < -0.39 is 20.8 Å². The molecule has 0 N–H and O–H groups in total. The molecule has 2 aromatic rings. The molecule has 0 unspecified atom stereocenters. The number of ether oxygens (including phenoxy) is 1. The minimum atomic E-state index is -3.17. The van der Waals surface area contributed by atoms with Gasteiger partial charge in [0.1, 0.15) is 5.75 Å². The van der Waals surface area contributed by atoms with Gasteiger partial charge in [0.15, 0.2) is 16.4 Å². The van der Waals surface area contributed by atoms with Crippen LogP contribution in [0.5, 0.6) is 5.75 Å². The molecular weight excluding hydrogens is 420 g/mol. The van der Waals surface area contributed by atoms with Gasteiger partial charge in [-0.2, -0.15) is 0 Å². The van der Waals surface area contributed by atoms with Crippen LogP contribution in [0.2, 0.25) is 5.02 Å². The van der Waals surface area contributed by atoms with Crippen LogP contribution in [-0.2, 0) is 21.2 Å². The van der Waals surface area contributed by atoms with Crippen LogP contribution in [0.25, 0.3) is 0 Å². The number of halogens is 1. The number of carbonyl (C=O) groups excluding carboxylic acids is 1. The molecule has 0 aliphatic carbocycles.